The molecule has 0 aliphatic heterocycles. The van der Waals surface area contributed by atoms with Crippen LogP contribution in [0.15, 0.2) is 48.5 Å². The van der Waals surface area contributed by atoms with Crippen molar-refractivity contribution in [2.75, 3.05) is 0 Å². The normalized spacial score (nSPS) is 17.4. The van der Waals surface area contributed by atoms with E-state index >= 15 is 0 Å². The lowest BCUT2D eigenvalue weighted by atomic mass is 10.1. The summed E-state index contributed by atoms with van der Waals surface area (Å²) in [5, 5.41) is 9.46. The van der Waals surface area contributed by atoms with Crippen molar-refractivity contribution in [3.63, 3.8) is 0 Å². The van der Waals surface area contributed by atoms with E-state index in [0.29, 0.717) is 12.4 Å². The molecule has 19 heavy (non-hydrogen) atoms. The zero-order valence-corrected chi connectivity index (χ0v) is 10.7. The molecule has 0 bridgehead atoms. The highest BCUT2D eigenvalue weighted by Gasteiger charge is 2.22. The lowest BCUT2D eigenvalue weighted by Gasteiger charge is -2.14. The third-order valence-corrected chi connectivity index (χ3v) is 3.51. The number of phenols is 1. The van der Waals surface area contributed by atoms with Crippen LogP contribution in [0.25, 0.3) is 0 Å². The topological polar surface area (TPSA) is 41.5 Å². The molecule has 0 spiro atoms. The SMILES string of the molecule is Oc1ccc2c(c1)CCC2NOCc1ccccc1. The first-order chi connectivity index (χ1) is 9.33. The summed E-state index contributed by atoms with van der Waals surface area (Å²) in [6.45, 7) is 0.560. The van der Waals surface area contributed by atoms with Crippen LogP contribution in [0, 0.1) is 0 Å². The summed E-state index contributed by atoms with van der Waals surface area (Å²) < 4.78 is 0. The number of aromatic hydroxyl groups is 1. The van der Waals surface area contributed by atoms with Gasteiger partial charge in [-0.2, -0.15) is 5.48 Å². The Morgan fingerprint density at radius 3 is 2.84 bits per heavy atom. The van der Waals surface area contributed by atoms with Gasteiger partial charge in [0.25, 0.3) is 0 Å². The molecule has 3 nitrogen and oxygen atoms in total. The van der Waals surface area contributed by atoms with E-state index in [1.165, 1.54) is 11.1 Å². The number of aryl methyl sites for hydroxylation is 1. The van der Waals surface area contributed by atoms with E-state index in [9.17, 15) is 5.11 Å². The quantitative estimate of drug-likeness (QED) is 0.825. The maximum Gasteiger partial charge on any atom is 0.115 e. The molecular formula is C16H17NO2. The third kappa shape index (κ3) is 2.78. The third-order valence-electron chi connectivity index (χ3n) is 3.51. The summed E-state index contributed by atoms with van der Waals surface area (Å²) >= 11 is 0. The van der Waals surface area contributed by atoms with E-state index < -0.39 is 0 Å². The largest absolute Gasteiger partial charge is 0.508 e. The lowest BCUT2D eigenvalue weighted by molar-refractivity contribution is 0.00332. The number of phenolic OH excluding ortho intramolecular Hbond substituents is 1. The minimum Gasteiger partial charge on any atom is -0.508 e. The smallest absolute Gasteiger partial charge is 0.115 e. The average Bonchev–Trinajstić information content (AvgIpc) is 2.82. The van der Waals surface area contributed by atoms with Gasteiger partial charge >= 0.3 is 0 Å². The van der Waals surface area contributed by atoms with Crippen LogP contribution in [0.3, 0.4) is 0 Å². The monoisotopic (exact) mass is 255 g/mol. The zero-order valence-electron chi connectivity index (χ0n) is 10.7. The fourth-order valence-electron chi connectivity index (χ4n) is 2.53. The number of hydrogen-bond acceptors (Lipinski definition) is 3. The molecule has 3 heteroatoms. The molecule has 0 amide bonds. The van der Waals surface area contributed by atoms with Gasteiger partial charge < -0.3 is 5.11 Å². The predicted octanol–water partition coefficient (Wildman–Crippen LogP) is 3.10. The molecule has 0 aromatic heterocycles. The van der Waals surface area contributed by atoms with Crippen molar-refractivity contribution in [2.45, 2.75) is 25.5 Å². The summed E-state index contributed by atoms with van der Waals surface area (Å²) in [4.78, 5) is 5.58. The second kappa shape index (κ2) is 5.43. The summed E-state index contributed by atoms with van der Waals surface area (Å²) in [6.07, 6.45) is 1.99. The van der Waals surface area contributed by atoms with Crippen LogP contribution in [0.5, 0.6) is 5.75 Å². The van der Waals surface area contributed by atoms with Gasteiger partial charge in [0.05, 0.1) is 12.6 Å². The minimum atomic E-state index is 0.222. The van der Waals surface area contributed by atoms with E-state index in [-0.39, 0.29) is 6.04 Å². The van der Waals surface area contributed by atoms with Crippen molar-refractivity contribution in [1.82, 2.24) is 5.48 Å². The van der Waals surface area contributed by atoms with E-state index in [2.05, 4.69) is 5.48 Å². The van der Waals surface area contributed by atoms with Crippen molar-refractivity contribution in [1.29, 1.82) is 0 Å². The van der Waals surface area contributed by atoms with Gasteiger partial charge in [-0.15, -0.1) is 0 Å². The van der Waals surface area contributed by atoms with Crippen molar-refractivity contribution in [3.05, 3.63) is 65.2 Å². The van der Waals surface area contributed by atoms with Gasteiger partial charge in [-0.25, -0.2) is 0 Å². The summed E-state index contributed by atoms with van der Waals surface area (Å²) in [6, 6.07) is 15.9. The van der Waals surface area contributed by atoms with E-state index in [1.807, 2.05) is 42.5 Å². The van der Waals surface area contributed by atoms with Crippen molar-refractivity contribution in [3.8, 4) is 5.75 Å². The van der Waals surface area contributed by atoms with Gasteiger partial charge in [-0.3, -0.25) is 4.84 Å². The highest BCUT2D eigenvalue weighted by atomic mass is 16.6. The van der Waals surface area contributed by atoms with Crippen LogP contribution in [-0.4, -0.2) is 5.11 Å². The van der Waals surface area contributed by atoms with Crippen LogP contribution < -0.4 is 5.48 Å². The number of fused-ring (bicyclic) bond motifs is 1. The Morgan fingerprint density at radius 2 is 2.00 bits per heavy atom. The molecule has 0 fully saturated rings. The van der Waals surface area contributed by atoms with Gasteiger partial charge in [0.2, 0.25) is 0 Å². The standard InChI is InChI=1S/C16H17NO2/c18-14-7-8-15-13(10-14)6-9-16(15)17-19-11-12-4-2-1-3-5-12/h1-5,7-8,10,16-18H,6,9,11H2. The lowest BCUT2D eigenvalue weighted by Crippen LogP contribution is -2.19. The number of hydrogen-bond donors (Lipinski definition) is 2. The molecule has 0 heterocycles. The average molecular weight is 255 g/mol. The Hall–Kier alpha value is -1.84. The second-order valence-corrected chi connectivity index (χ2v) is 4.87. The van der Waals surface area contributed by atoms with Gasteiger partial charge in [0.1, 0.15) is 5.75 Å². The zero-order chi connectivity index (χ0) is 13.1. The summed E-state index contributed by atoms with van der Waals surface area (Å²) in [5.41, 5.74) is 6.71. The molecule has 98 valence electrons. The molecule has 1 aliphatic rings. The Labute approximate surface area is 112 Å². The number of hydroxylamine groups is 1. The molecule has 0 saturated heterocycles. The molecule has 2 N–H and O–H groups in total. The van der Waals surface area contributed by atoms with Crippen LogP contribution in [0.4, 0.5) is 0 Å². The van der Waals surface area contributed by atoms with Crippen LogP contribution in [0.2, 0.25) is 0 Å². The van der Waals surface area contributed by atoms with Crippen molar-refractivity contribution in [2.24, 2.45) is 0 Å². The minimum absolute atomic E-state index is 0.222. The van der Waals surface area contributed by atoms with Crippen LogP contribution in [-0.2, 0) is 17.9 Å². The molecule has 1 aliphatic carbocycles. The highest BCUT2D eigenvalue weighted by molar-refractivity contribution is 5.39. The molecule has 0 saturated carbocycles. The van der Waals surface area contributed by atoms with Crippen LogP contribution >= 0.6 is 0 Å². The van der Waals surface area contributed by atoms with Crippen molar-refractivity contribution >= 4 is 0 Å². The molecule has 2 aromatic carbocycles. The second-order valence-electron chi connectivity index (χ2n) is 4.87. The predicted molar refractivity (Wildman–Crippen MR) is 73.5 cm³/mol. The van der Waals surface area contributed by atoms with Gasteiger partial charge in [-0.1, -0.05) is 36.4 Å². The molecule has 0 radical (unpaired) electrons. The fraction of sp³-hybridized carbons (Fsp3) is 0.250. The van der Waals surface area contributed by atoms with Gasteiger partial charge in [0.15, 0.2) is 0 Å². The van der Waals surface area contributed by atoms with Crippen molar-refractivity contribution < 1.29 is 9.94 Å². The molecule has 2 aromatic rings. The first kappa shape index (κ1) is 12.2. The molecular weight excluding hydrogens is 238 g/mol. The van der Waals surface area contributed by atoms with E-state index in [1.54, 1.807) is 6.07 Å². The first-order valence-corrected chi connectivity index (χ1v) is 6.56. The highest BCUT2D eigenvalue weighted by Crippen LogP contribution is 2.33. The Morgan fingerprint density at radius 1 is 1.16 bits per heavy atom. The Bertz CT molecular complexity index is 554. The Kier molecular flexibility index (Phi) is 3.49. The maximum atomic E-state index is 9.46. The van der Waals surface area contributed by atoms with Gasteiger partial charge in [0, 0.05) is 0 Å². The fourth-order valence-corrected chi connectivity index (χ4v) is 2.53. The number of rotatable bonds is 4. The molecule has 1 atom stereocenters. The van der Waals surface area contributed by atoms with Crippen LogP contribution in [0.1, 0.15) is 29.2 Å². The maximum absolute atomic E-state index is 9.46. The number of nitrogens with one attached hydrogen (secondary N) is 1. The van der Waals surface area contributed by atoms with E-state index in [4.69, 9.17) is 4.84 Å². The summed E-state index contributed by atoms with van der Waals surface area (Å²) in [7, 11) is 0. The van der Waals surface area contributed by atoms with Gasteiger partial charge in [-0.05, 0) is 41.7 Å². The Balaban J connectivity index is 1.58. The first-order valence-electron chi connectivity index (χ1n) is 6.56. The van der Waals surface area contributed by atoms with E-state index in [0.717, 1.165) is 18.4 Å². The molecule has 3 rings (SSSR count). The molecule has 1 unspecified atom stereocenters. The summed E-state index contributed by atoms with van der Waals surface area (Å²) in [5.74, 6) is 0.338. The number of benzene rings is 2.